The fourth-order valence-corrected chi connectivity index (χ4v) is 6.63. The molecule has 14 heteroatoms. The largest absolute Gasteiger partial charge is 0.483 e. The number of carbonyl (C=O) groups is 3. The molecule has 1 aromatic carbocycles. The van der Waals surface area contributed by atoms with Crippen molar-refractivity contribution in [1.29, 1.82) is 5.26 Å². The van der Waals surface area contributed by atoms with E-state index in [0.717, 1.165) is 28.8 Å². The second kappa shape index (κ2) is 16.2. The van der Waals surface area contributed by atoms with Gasteiger partial charge in [0.15, 0.2) is 12.2 Å². The Kier molecular flexibility index (Phi) is 12.3. The van der Waals surface area contributed by atoms with Gasteiger partial charge in [0.1, 0.15) is 11.6 Å². The maximum Gasteiger partial charge on any atom is 0.290 e. The highest BCUT2D eigenvalue weighted by Gasteiger charge is 2.33. The fraction of sp³-hybridized carbons (Fsp3) is 0.444. The highest BCUT2D eigenvalue weighted by Crippen LogP contribution is 2.31. The van der Waals surface area contributed by atoms with Gasteiger partial charge >= 0.3 is 0 Å². The number of carboxylic acid groups (broad SMARTS) is 1. The van der Waals surface area contributed by atoms with Gasteiger partial charge in [-0.05, 0) is 53.5 Å². The molecule has 3 aromatic heterocycles. The quantitative estimate of drug-likeness (QED) is 0.0908. The van der Waals surface area contributed by atoms with E-state index in [4.69, 9.17) is 19.3 Å². The first-order valence-corrected chi connectivity index (χ1v) is 17.2. The summed E-state index contributed by atoms with van der Waals surface area (Å²) in [7, 11) is 0. The molecule has 2 atom stereocenters. The number of aliphatic hydroxyl groups is 1. The van der Waals surface area contributed by atoms with E-state index in [0.29, 0.717) is 41.7 Å². The number of rotatable bonds is 10. The number of carbonyl (C=O) groups excluding carboxylic acids is 2. The molecule has 1 aliphatic heterocycles. The number of thiophene rings is 1. The molecule has 2 amide bonds. The number of benzene rings is 1. The molecular weight excluding hydrogens is 659 g/mol. The summed E-state index contributed by atoms with van der Waals surface area (Å²) in [6, 6.07) is 11.4. The zero-order chi connectivity index (χ0) is 36.6. The number of aliphatic hydroxyl groups excluding tert-OH is 1. The van der Waals surface area contributed by atoms with Crippen LogP contribution in [-0.4, -0.2) is 73.2 Å². The smallest absolute Gasteiger partial charge is 0.290 e. The van der Waals surface area contributed by atoms with Crippen molar-refractivity contribution in [3.63, 3.8) is 0 Å². The lowest BCUT2D eigenvalue weighted by Gasteiger charge is -2.30. The number of aromatic nitrogens is 3. The number of anilines is 1. The monoisotopic (exact) mass is 703 g/mol. The Morgan fingerprint density at radius 1 is 1.20 bits per heavy atom. The molecule has 0 bridgehead atoms. The number of oxazole rings is 1. The van der Waals surface area contributed by atoms with Gasteiger partial charge in [-0.15, -0.1) is 11.3 Å². The molecule has 0 aliphatic carbocycles. The second-order valence-corrected chi connectivity index (χ2v) is 15.4. The van der Waals surface area contributed by atoms with E-state index >= 15 is 0 Å². The zero-order valence-electron chi connectivity index (χ0n) is 29.3. The summed E-state index contributed by atoms with van der Waals surface area (Å²) in [5, 5.41) is 33.1. The number of hydrogen-bond donors (Lipinski definition) is 4. The van der Waals surface area contributed by atoms with Crippen molar-refractivity contribution in [1.82, 2.24) is 24.8 Å². The molecule has 4 N–H and O–H groups in total. The summed E-state index contributed by atoms with van der Waals surface area (Å²) < 4.78 is 7.35. The number of nitrogens with one attached hydrogen (secondary N) is 2. The molecule has 1 fully saturated rings. The molecule has 1 aliphatic rings. The van der Waals surface area contributed by atoms with E-state index in [1.54, 1.807) is 23.2 Å². The zero-order valence-corrected chi connectivity index (χ0v) is 30.1. The normalized spacial score (nSPS) is 15.7. The lowest BCUT2D eigenvalue weighted by molar-refractivity contribution is -0.127. The van der Waals surface area contributed by atoms with Crippen LogP contribution < -0.4 is 10.6 Å². The summed E-state index contributed by atoms with van der Waals surface area (Å²) in [6.45, 7) is 13.4. The van der Waals surface area contributed by atoms with Crippen LogP contribution >= 0.6 is 11.3 Å². The number of fused-ring (bicyclic) bond motifs is 1. The molecule has 4 aromatic rings. The van der Waals surface area contributed by atoms with Gasteiger partial charge in [0, 0.05) is 25.7 Å². The lowest BCUT2D eigenvalue weighted by atomic mass is 9.87. The average molecular weight is 704 g/mol. The van der Waals surface area contributed by atoms with Crippen LogP contribution in [-0.2, 0) is 22.7 Å². The third kappa shape index (κ3) is 9.44. The summed E-state index contributed by atoms with van der Waals surface area (Å²) in [4.78, 5) is 47.3. The van der Waals surface area contributed by atoms with Crippen molar-refractivity contribution in [3.05, 3.63) is 65.0 Å². The van der Waals surface area contributed by atoms with Crippen molar-refractivity contribution < 1.29 is 29.0 Å². The Balaban J connectivity index is 0.00000181. The van der Waals surface area contributed by atoms with Gasteiger partial charge in [-0.25, -0.2) is 9.97 Å². The molecule has 4 heterocycles. The molecule has 13 nitrogen and oxygen atoms in total. The first kappa shape index (κ1) is 38.0. The van der Waals surface area contributed by atoms with Crippen LogP contribution in [0.1, 0.15) is 69.6 Å². The summed E-state index contributed by atoms with van der Waals surface area (Å²) >= 11 is 1.29. The van der Waals surface area contributed by atoms with Crippen LogP contribution in [0.5, 0.6) is 0 Å². The van der Waals surface area contributed by atoms with Crippen molar-refractivity contribution in [2.24, 2.45) is 10.8 Å². The topological polar surface area (TPSA) is 187 Å². The van der Waals surface area contributed by atoms with Gasteiger partial charge in [0.05, 0.1) is 39.6 Å². The number of imidazole rings is 1. The minimum atomic E-state index is -0.320. The van der Waals surface area contributed by atoms with Crippen molar-refractivity contribution >= 4 is 46.6 Å². The third-order valence-electron chi connectivity index (χ3n) is 8.28. The molecular formula is C36H45N7O6S. The van der Waals surface area contributed by atoms with E-state index in [1.165, 1.54) is 17.7 Å². The molecule has 0 spiro atoms. The van der Waals surface area contributed by atoms with E-state index in [1.807, 2.05) is 49.6 Å². The highest BCUT2D eigenvalue weighted by molar-refractivity contribution is 7.17. The van der Waals surface area contributed by atoms with E-state index < -0.39 is 0 Å². The number of likely N-dealkylation sites (tertiary alicyclic amines) is 1. The minimum Gasteiger partial charge on any atom is -0.483 e. The summed E-state index contributed by atoms with van der Waals surface area (Å²) in [5.74, 6) is 0.372. The summed E-state index contributed by atoms with van der Waals surface area (Å²) in [6.07, 6.45) is 6.26. The summed E-state index contributed by atoms with van der Waals surface area (Å²) in [5.41, 5.74) is 2.21. The van der Waals surface area contributed by atoms with Crippen LogP contribution in [0.3, 0.4) is 0 Å². The highest BCUT2D eigenvalue weighted by atomic mass is 32.1. The lowest BCUT2D eigenvalue weighted by Crippen LogP contribution is -2.42. The minimum absolute atomic E-state index is 0.0203. The fourth-order valence-electron chi connectivity index (χ4n) is 5.78. The van der Waals surface area contributed by atoms with Crippen molar-refractivity contribution in [2.45, 2.75) is 79.6 Å². The van der Waals surface area contributed by atoms with Crippen LogP contribution in [0.15, 0.2) is 59.0 Å². The Morgan fingerprint density at radius 3 is 2.56 bits per heavy atom. The number of nitriles is 1. The van der Waals surface area contributed by atoms with Crippen LogP contribution in [0.4, 0.5) is 5.95 Å². The van der Waals surface area contributed by atoms with Gasteiger partial charge in [0.25, 0.3) is 18.3 Å². The Labute approximate surface area is 295 Å². The Morgan fingerprint density at radius 2 is 1.94 bits per heavy atom. The van der Waals surface area contributed by atoms with E-state index in [-0.39, 0.29) is 53.4 Å². The number of amides is 2. The van der Waals surface area contributed by atoms with Crippen LogP contribution in [0.25, 0.3) is 21.7 Å². The average Bonchev–Trinajstić information content (AvgIpc) is 3.87. The molecule has 0 radical (unpaired) electrons. The van der Waals surface area contributed by atoms with Crippen LogP contribution in [0, 0.1) is 22.2 Å². The number of hydrogen-bond acceptors (Lipinski definition) is 10. The van der Waals surface area contributed by atoms with Crippen molar-refractivity contribution in [3.8, 4) is 16.7 Å². The van der Waals surface area contributed by atoms with Gasteiger partial charge in [-0.1, -0.05) is 53.7 Å². The molecule has 1 saturated heterocycles. The van der Waals surface area contributed by atoms with E-state index in [9.17, 15) is 20.0 Å². The maximum absolute atomic E-state index is 13.6. The first-order chi connectivity index (χ1) is 23.7. The maximum atomic E-state index is 13.6. The molecule has 0 unspecified atom stereocenters. The van der Waals surface area contributed by atoms with E-state index in [2.05, 4.69) is 42.5 Å². The molecule has 0 saturated carbocycles. The Hall–Kier alpha value is -4.84. The first-order valence-electron chi connectivity index (χ1n) is 16.3. The number of nitrogens with zero attached hydrogens (tertiary/aromatic N) is 5. The molecule has 5 rings (SSSR count). The SMILES string of the molecule is CC(C)(C)/C=C(\C#N)C(=O)N1CCC[C@@H]1Cn1c(NC(=O)c2ccc(-c3cnco3)s2)nc2cc(CN[C@H](CO)C(C)(C)C)ccc21.O=CO. The number of allylic oxidation sites excluding steroid dienone is 1. The van der Waals surface area contributed by atoms with Gasteiger partial charge < -0.3 is 29.4 Å². The van der Waals surface area contributed by atoms with Crippen molar-refractivity contribution in [2.75, 3.05) is 18.5 Å². The van der Waals surface area contributed by atoms with Gasteiger partial charge in [-0.2, -0.15) is 5.26 Å². The predicted octanol–water partition coefficient (Wildman–Crippen LogP) is 5.69. The Bertz CT molecular complexity index is 1860. The van der Waals surface area contributed by atoms with Gasteiger partial charge in [-0.3, -0.25) is 19.7 Å². The second-order valence-electron chi connectivity index (χ2n) is 14.3. The molecule has 50 heavy (non-hydrogen) atoms. The van der Waals surface area contributed by atoms with Crippen LogP contribution in [0.2, 0.25) is 0 Å². The third-order valence-corrected chi connectivity index (χ3v) is 9.38. The predicted molar refractivity (Wildman–Crippen MR) is 191 cm³/mol. The standard InChI is InChI=1S/C35H43N7O4S.CH2O2/c1-34(2,3)15-23(16-36)32(45)41-13-7-8-24(41)19-42-26-10-9-22(17-38-30(20-43)35(4,5)6)14-25(26)39-33(42)40-31(44)29-12-11-28(47-29)27-18-37-21-46-27;2-1-3/h9-12,14-15,18,21,24,30,38,43H,7-8,13,17,19-20H2,1-6H3,(H,39,40,44);1H,(H,2,3)/b23-15+;/t24-,30-;/m1./s1. The molecule has 266 valence electrons. The van der Waals surface area contributed by atoms with Gasteiger partial charge in [0.2, 0.25) is 5.95 Å².